The molecule has 2 rings (SSSR count). The summed E-state index contributed by atoms with van der Waals surface area (Å²) in [6.07, 6.45) is 0.0621. The first-order chi connectivity index (χ1) is 9.00. The summed E-state index contributed by atoms with van der Waals surface area (Å²) in [4.78, 5) is 0.526. The van der Waals surface area contributed by atoms with Gasteiger partial charge in [-0.25, -0.2) is 8.42 Å². The van der Waals surface area contributed by atoms with Crippen molar-refractivity contribution in [3.8, 4) is 5.75 Å². The molecular weight excluding hydrogens is 260 g/mol. The summed E-state index contributed by atoms with van der Waals surface area (Å²) in [5.41, 5.74) is 0. The van der Waals surface area contributed by atoms with Crippen molar-refractivity contribution in [3.63, 3.8) is 0 Å². The Morgan fingerprint density at radius 2 is 1.47 bits per heavy atom. The Balaban J connectivity index is 2.32. The standard InChI is InChI=1S/C15H15O3S/c1-12(2)18-13-8-10-15(11-9-13)19(16,17)14-6-4-3-5-7-14/h4-12H,1-2H3. The van der Waals surface area contributed by atoms with E-state index in [9.17, 15) is 8.42 Å². The first-order valence-electron chi connectivity index (χ1n) is 5.98. The van der Waals surface area contributed by atoms with Gasteiger partial charge in [0, 0.05) is 0 Å². The monoisotopic (exact) mass is 275 g/mol. The summed E-state index contributed by atoms with van der Waals surface area (Å²) in [6.45, 7) is 3.84. The molecule has 99 valence electrons. The molecule has 1 radical (unpaired) electrons. The summed E-state index contributed by atoms with van der Waals surface area (Å²) >= 11 is 0. The number of hydrogen-bond acceptors (Lipinski definition) is 3. The maximum absolute atomic E-state index is 12.3. The molecular formula is C15H15O3S. The third-order valence-corrected chi connectivity index (χ3v) is 4.29. The van der Waals surface area contributed by atoms with E-state index in [1.807, 2.05) is 13.8 Å². The molecule has 0 aliphatic heterocycles. The van der Waals surface area contributed by atoms with Crippen molar-refractivity contribution in [2.24, 2.45) is 0 Å². The van der Waals surface area contributed by atoms with Crippen LogP contribution in [0.25, 0.3) is 0 Å². The lowest BCUT2D eigenvalue weighted by atomic mass is 10.3. The van der Waals surface area contributed by atoms with Gasteiger partial charge in [0.05, 0.1) is 15.9 Å². The fraction of sp³-hybridized carbons (Fsp3) is 0.200. The molecule has 2 aromatic rings. The number of sulfone groups is 1. The van der Waals surface area contributed by atoms with Crippen LogP contribution in [0, 0.1) is 6.07 Å². The molecule has 3 nitrogen and oxygen atoms in total. The molecule has 0 N–H and O–H groups in total. The normalized spacial score (nSPS) is 11.5. The minimum Gasteiger partial charge on any atom is -0.491 e. The van der Waals surface area contributed by atoms with Crippen molar-refractivity contribution in [1.82, 2.24) is 0 Å². The van der Waals surface area contributed by atoms with Gasteiger partial charge in [0.1, 0.15) is 5.75 Å². The van der Waals surface area contributed by atoms with Crippen LogP contribution in [0.1, 0.15) is 13.8 Å². The van der Waals surface area contributed by atoms with Gasteiger partial charge in [-0.3, -0.25) is 0 Å². The smallest absolute Gasteiger partial charge is 0.206 e. The van der Waals surface area contributed by atoms with Crippen LogP contribution in [-0.2, 0) is 9.84 Å². The van der Waals surface area contributed by atoms with Crippen molar-refractivity contribution < 1.29 is 13.2 Å². The van der Waals surface area contributed by atoms with Crippen LogP contribution in [0.3, 0.4) is 0 Å². The van der Waals surface area contributed by atoms with Gasteiger partial charge in [0.2, 0.25) is 9.84 Å². The number of hydrogen-bond donors (Lipinski definition) is 0. The molecule has 0 bridgehead atoms. The Bertz CT molecular complexity index is 629. The number of ether oxygens (including phenoxy) is 1. The minimum atomic E-state index is -3.46. The molecule has 0 heterocycles. The van der Waals surface area contributed by atoms with E-state index in [-0.39, 0.29) is 15.9 Å². The first-order valence-corrected chi connectivity index (χ1v) is 7.46. The molecule has 0 fully saturated rings. The highest BCUT2D eigenvalue weighted by atomic mass is 32.2. The van der Waals surface area contributed by atoms with E-state index in [0.717, 1.165) is 0 Å². The van der Waals surface area contributed by atoms with Crippen molar-refractivity contribution >= 4 is 9.84 Å². The van der Waals surface area contributed by atoms with Crippen LogP contribution in [0.5, 0.6) is 5.75 Å². The highest BCUT2D eigenvalue weighted by Gasteiger charge is 2.16. The summed E-state index contributed by atoms with van der Waals surface area (Å²) in [7, 11) is -3.46. The SMILES string of the molecule is CC(C)Oc1ccc(S(=O)(=O)c2cc[c]cc2)cc1. The average Bonchev–Trinajstić information content (AvgIpc) is 2.40. The lowest BCUT2D eigenvalue weighted by Gasteiger charge is -2.10. The van der Waals surface area contributed by atoms with Crippen LogP contribution in [0.15, 0.2) is 58.3 Å². The Morgan fingerprint density at radius 1 is 0.947 bits per heavy atom. The zero-order valence-corrected chi connectivity index (χ0v) is 11.6. The van der Waals surface area contributed by atoms with E-state index >= 15 is 0 Å². The molecule has 0 unspecified atom stereocenters. The van der Waals surface area contributed by atoms with Gasteiger partial charge in [-0.15, -0.1) is 0 Å². The summed E-state index contributed by atoms with van der Waals surface area (Å²) < 4.78 is 30.1. The van der Waals surface area contributed by atoms with Gasteiger partial charge in [0.25, 0.3) is 0 Å². The Hall–Kier alpha value is -1.81. The van der Waals surface area contributed by atoms with Crippen LogP contribution in [0.2, 0.25) is 0 Å². The highest BCUT2D eigenvalue weighted by molar-refractivity contribution is 7.91. The Labute approximate surface area is 113 Å². The van der Waals surface area contributed by atoms with Crippen molar-refractivity contribution in [3.05, 3.63) is 54.6 Å². The van der Waals surface area contributed by atoms with Crippen LogP contribution in [0.4, 0.5) is 0 Å². The predicted molar refractivity (Wildman–Crippen MR) is 72.9 cm³/mol. The molecule has 0 aliphatic rings. The number of benzene rings is 2. The van der Waals surface area contributed by atoms with Gasteiger partial charge < -0.3 is 4.74 Å². The van der Waals surface area contributed by atoms with E-state index in [4.69, 9.17) is 4.74 Å². The molecule has 0 aromatic heterocycles. The Kier molecular flexibility index (Phi) is 3.90. The molecule has 0 amide bonds. The Morgan fingerprint density at radius 3 is 2.00 bits per heavy atom. The predicted octanol–water partition coefficient (Wildman–Crippen LogP) is 3.11. The average molecular weight is 275 g/mol. The summed E-state index contributed by atoms with van der Waals surface area (Å²) in [5, 5.41) is 0. The van der Waals surface area contributed by atoms with E-state index in [1.165, 1.54) is 12.1 Å². The van der Waals surface area contributed by atoms with Crippen molar-refractivity contribution in [2.75, 3.05) is 0 Å². The molecule has 0 spiro atoms. The second-order valence-electron chi connectivity index (χ2n) is 4.38. The van der Waals surface area contributed by atoms with Crippen molar-refractivity contribution in [2.45, 2.75) is 29.7 Å². The molecule has 0 saturated carbocycles. The quantitative estimate of drug-likeness (QED) is 0.861. The lowest BCUT2D eigenvalue weighted by Crippen LogP contribution is -2.06. The van der Waals surface area contributed by atoms with Gasteiger partial charge in [-0.2, -0.15) is 0 Å². The van der Waals surface area contributed by atoms with Crippen LogP contribution in [-0.4, -0.2) is 14.5 Å². The topological polar surface area (TPSA) is 43.4 Å². The largest absolute Gasteiger partial charge is 0.491 e. The zero-order chi connectivity index (χ0) is 13.9. The van der Waals surface area contributed by atoms with Gasteiger partial charge >= 0.3 is 0 Å². The first kappa shape index (κ1) is 13.6. The van der Waals surface area contributed by atoms with Crippen molar-refractivity contribution in [1.29, 1.82) is 0 Å². The third-order valence-electron chi connectivity index (χ3n) is 2.50. The maximum Gasteiger partial charge on any atom is 0.206 e. The summed E-state index contributed by atoms with van der Waals surface area (Å²) in [5.74, 6) is 0.662. The minimum absolute atomic E-state index is 0.0621. The second kappa shape index (κ2) is 5.45. The highest BCUT2D eigenvalue weighted by Crippen LogP contribution is 2.23. The van der Waals surface area contributed by atoms with Crippen LogP contribution >= 0.6 is 0 Å². The molecule has 0 atom stereocenters. The third kappa shape index (κ3) is 3.15. The van der Waals surface area contributed by atoms with E-state index in [1.54, 1.807) is 36.4 Å². The molecule has 4 heteroatoms. The van der Waals surface area contributed by atoms with E-state index in [0.29, 0.717) is 5.75 Å². The fourth-order valence-electron chi connectivity index (χ4n) is 1.66. The summed E-state index contributed by atoms with van der Waals surface area (Å²) in [6, 6.07) is 15.5. The molecule has 2 aromatic carbocycles. The zero-order valence-electron chi connectivity index (χ0n) is 10.8. The molecule has 0 aliphatic carbocycles. The van der Waals surface area contributed by atoms with E-state index < -0.39 is 9.84 Å². The maximum atomic E-state index is 12.3. The van der Waals surface area contributed by atoms with E-state index in [2.05, 4.69) is 6.07 Å². The lowest BCUT2D eigenvalue weighted by molar-refractivity contribution is 0.242. The molecule has 0 saturated heterocycles. The molecule has 19 heavy (non-hydrogen) atoms. The fourth-order valence-corrected chi connectivity index (χ4v) is 2.92. The van der Waals surface area contributed by atoms with Gasteiger partial charge in [-0.1, -0.05) is 12.1 Å². The van der Waals surface area contributed by atoms with Crippen LogP contribution < -0.4 is 4.74 Å². The van der Waals surface area contributed by atoms with Gasteiger partial charge in [0.15, 0.2) is 0 Å². The number of rotatable bonds is 4. The van der Waals surface area contributed by atoms with Gasteiger partial charge in [-0.05, 0) is 56.3 Å². The second-order valence-corrected chi connectivity index (χ2v) is 6.33.